The van der Waals surface area contributed by atoms with E-state index in [0.717, 1.165) is 0 Å². The first-order valence-electron chi connectivity index (χ1n) is 5.50. The minimum Gasteiger partial charge on any atom is -0.351 e. The standard InChI is InChI=1S/C11H14F3N3O/c1-4-15-9(18)8-5-7(6(2)3)16-10(17-8)11(12,13)14/h5-6H,4H2,1-3H3,(H,15,18). The lowest BCUT2D eigenvalue weighted by Crippen LogP contribution is -2.26. The molecule has 0 aliphatic carbocycles. The third kappa shape index (κ3) is 3.41. The Bertz CT molecular complexity index is 444. The molecule has 18 heavy (non-hydrogen) atoms. The summed E-state index contributed by atoms with van der Waals surface area (Å²) in [7, 11) is 0. The SMILES string of the molecule is CCNC(=O)c1cc(C(C)C)nc(C(F)(F)F)n1. The van der Waals surface area contributed by atoms with Crippen molar-refractivity contribution in [1.82, 2.24) is 15.3 Å². The Labute approximate surface area is 103 Å². The monoisotopic (exact) mass is 261 g/mol. The lowest BCUT2D eigenvalue weighted by atomic mass is 10.1. The average molecular weight is 261 g/mol. The minimum atomic E-state index is -4.66. The molecule has 0 saturated carbocycles. The van der Waals surface area contributed by atoms with Crippen LogP contribution in [0, 0.1) is 0 Å². The fourth-order valence-corrected chi connectivity index (χ4v) is 1.26. The number of carbonyl (C=O) groups excluding carboxylic acids is 1. The highest BCUT2D eigenvalue weighted by molar-refractivity contribution is 5.92. The first-order chi connectivity index (χ1) is 8.25. The smallest absolute Gasteiger partial charge is 0.351 e. The zero-order valence-electron chi connectivity index (χ0n) is 10.3. The Morgan fingerprint density at radius 1 is 1.39 bits per heavy atom. The molecule has 1 heterocycles. The Balaban J connectivity index is 3.27. The molecule has 0 spiro atoms. The van der Waals surface area contributed by atoms with E-state index in [0.29, 0.717) is 6.54 Å². The molecule has 0 aliphatic heterocycles. The summed E-state index contributed by atoms with van der Waals surface area (Å²) in [4.78, 5) is 18.2. The first kappa shape index (κ1) is 14.4. The van der Waals surface area contributed by atoms with Crippen molar-refractivity contribution in [2.24, 2.45) is 0 Å². The quantitative estimate of drug-likeness (QED) is 0.908. The van der Waals surface area contributed by atoms with Crippen LogP contribution >= 0.6 is 0 Å². The van der Waals surface area contributed by atoms with Gasteiger partial charge in [0.05, 0.1) is 0 Å². The maximum Gasteiger partial charge on any atom is 0.451 e. The number of aromatic nitrogens is 2. The van der Waals surface area contributed by atoms with E-state index in [9.17, 15) is 18.0 Å². The number of nitrogens with one attached hydrogen (secondary N) is 1. The molecule has 0 unspecified atom stereocenters. The van der Waals surface area contributed by atoms with Crippen molar-refractivity contribution < 1.29 is 18.0 Å². The molecule has 1 aromatic rings. The summed E-state index contributed by atoms with van der Waals surface area (Å²) in [6.07, 6.45) is -4.66. The van der Waals surface area contributed by atoms with E-state index in [2.05, 4.69) is 15.3 Å². The average Bonchev–Trinajstić information content (AvgIpc) is 2.27. The first-order valence-corrected chi connectivity index (χ1v) is 5.50. The van der Waals surface area contributed by atoms with Gasteiger partial charge in [-0.2, -0.15) is 13.2 Å². The van der Waals surface area contributed by atoms with Crippen molar-refractivity contribution >= 4 is 5.91 Å². The summed E-state index contributed by atoms with van der Waals surface area (Å²) < 4.78 is 37.8. The van der Waals surface area contributed by atoms with Gasteiger partial charge in [0.15, 0.2) is 0 Å². The number of hydrogen-bond acceptors (Lipinski definition) is 3. The Morgan fingerprint density at radius 3 is 2.44 bits per heavy atom. The van der Waals surface area contributed by atoms with E-state index in [1.54, 1.807) is 20.8 Å². The van der Waals surface area contributed by atoms with E-state index in [-0.39, 0.29) is 17.3 Å². The fraction of sp³-hybridized carbons (Fsp3) is 0.545. The van der Waals surface area contributed by atoms with Crippen molar-refractivity contribution in [2.45, 2.75) is 32.9 Å². The third-order valence-electron chi connectivity index (χ3n) is 2.16. The molecule has 1 N–H and O–H groups in total. The second-order valence-electron chi connectivity index (χ2n) is 4.01. The summed E-state index contributed by atoms with van der Waals surface area (Å²) in [6.45, 7) is 5.39. The molecule has 1 aromatic heterocycles. The molecule has 0 radical (unpaired) electrons. The number of nitrogens with zero attached hydrogens (tertiary/aromatic N) is 2. The molecule has 0 fully saturated rings. The van der Waals surface area contributed by atoms with E-state index in [1.807, 2.05) is 0 Å². The highest BCUT2D eigenvalue weighted by atomic mass is 19.4. The van der Waals surface area contributed by atoms with Gasteiger partial charge in [-0.1, -0.05) is 13.8 Å². The van der Waals surface area contributed by atoms with Crippen molar-refractivity contribution in [1.29, 1.82) is 0 Å². The third-order valence-corrected chi connectivity index (χ3v) is 2.16. The van der Waals surface area contributed by atoms with Crippen LogP contribution in [0.1, 0.15) is 48.7 Å². The molecule has 0 bridgehead atoms. The van der Waals surface area contributed by atoms with E-state index in [1.165, 1.54) is 6.07 Å². The normalized spacial score (nSPS) is 11.7. The van der Waals surface area contributed by atoms with Crippen LogP contribution in [0.25, 0.3) is 0 Å². The molecular weight excluding hydrogens is 247 g/mol. The van der Waals surface area contributed by atoms with E-state index < -0.39 is 17.9 Å². The summed E-state index contributed by atoms with van der Waals surface area (Å²) in [5.74, 6) is -2.13. The van der Waals surface area contributed by atoms with Crippen molar-refractivity contribution in [3.63, 3.8) is 0 Å². The van der Waals surface area contributed by atoms with Gasteiger partial charge in [0.25, 0.3) is 5.91 Å². The Kier molecular flexibility index (Phi) is 4.26. The summed E-state index contributed by atoms with van der Waals surface area (Å²) in [6, 6.07) is 1.28. The zero-order valence-corrected chi connectivity index (χ0v) is 10.3. The van der Waals surface area contributed by atoms with Gasteiger partial charge in [-0.25, -0.2) is 9.97 Å². The molecular formula is C11H14F3N3O. The van der Waals surface area contributed by atoms with Crippen LogP contribution in [-0.4, -0.2) is 22.4 Å². The maximum absolute atomic E-state index is 12.6. The number of rotatable bonds is 3. The summed E-state index contributed by atoms with van der Waals surface area (Å²) in [5, 5.41) is 2.41. The lowest BCUT2D eigenvalue weighted by Gasteiger charge is -2.11. The predicted octanol–water partition coefficient (Wildman–Crippen LogP) is 2.37. The van der Waals surface area contributed by atoms with Gasteiger partial charge >= 0.3 is 6.18 Å². The number of amides is 1. The topological polar surface area (TPSA) is 54.9 Å². The van der Waals surface area contributed by atoms with Gasteiger partial charge < -0.3 is 5.32 Å². The van der Waals surface area contributed by atoms with Crippen molar-refractivity contribution in [2.75, 3.05) is 6.54 Å². The fourth-order valence-electron chi connectivity index (χ4n) is 1.26. The second kappa shape index (κ2) is 5.32. The number of alkyl halides is 3. The molecule has 1 amide bonds. The molecule has 0 saturated heterocycles. The van der Waals surface area contributed by atoms with E-state index >= 15 is 0 Å². The van der Waals surface area contributed by atoms with Gasteiger partial charge in [-0.3, -0.25) is 4.79 Å². The molecule has 0 atom stereocenters. The van der Waals surface area contributed by atoms with Gasteiger partial charge in [0.2, 0.25) is 5.82 Å². The van der Waals surface area contributed by atoms with Gasteiger partial charge in [0.1, 0.15) is 5.69 Å². The van der Waals surface area contributed by atoms with Crippen LogP contribution in [0.15, 0.2) is 6.07 Å². The van der Waals surface area contributed by atoms with Crippen molar-refractivity contribution in [3.05, 3.63) is 23.3 Å². The maximum atomic E-state index is 12.6. The van der Waals surface area contributed by atoms with Gasteiger partial charge in [0, 0.05) is 12.2 Å². The minimum absolute atomic E-state index is 0.193. The number of carbonyl (C=O) groups is 1. The number of halogens is 3. The molecule has 7 heteroatoms. The highest BCUT2D eigenvalue weighted by Gasteiger charge is 2.36. The largest absolute Gasteiger partial charge is 0.451 e. The lowest BCUT2D eigenvalue weighted by molar-refractivity contribution is -0.145. The van der Waals surface area contributed by atoms with Gasteiger partial charge in [-0.15, -0.1) is 0 Å². The summed E-state index contributed by atoms with van der Waals surface area (Å²) in [5.41, 5.74) is -0.0681. The molecule has 0 aromatic carbocycles. The molecule has 1 rings (SSSR count). The van der Waals surface area contributed by atoms with Crippen LogP contribution < -0.4 is 5.32 Å². The predicted molar refractivity (Wildman–Crippen MR) is 59.1 cm³/mol. The van der Waals surface area contributed by atoms with Crippen LogP contribution in [0.4, 0.5) is 13.2 Å². The van der Waals surface area contributed by atoms with Crippen LogP contribution in [0.5, 0.6) is 0 Å². The number of hydrogen-bond donors (Lipinski definition) is 1. The zero-order chi connectivity index (χ0) is 13.9. The summed E-state index contributed by atoms with van der Waals surface area (Å²) >= 11 is 0. The second-order valence-corrected chi connectivity index (χ2v) is 4.01. The molecule has 0 aliphatic rings. The van der Waals surface area contributed by atoms with Crippen LogP contribution in [0.3, 0.4) is 0 Å². The van der Waals surface area contributed by atoms with Crippen LogP contribution in [-0.2, 0) is 6.18 Å². The van der Waals surface area contributed by atoms with E-state index in [4.69, 9.17) is 0 Å². The Morgan fingerprint density at radius 2 is 2.00 bits per heavy atom. The highest BCUT2D eigenvalue weighted by Crippen LogP contribution is 2.27. The molecule has 100 valence electrons. The van der Waals surface area contributed by atoms with Crippen molar-refractivity contribution in [3.8, 4) is 0 Å². The van der Waals surface area contributed by atoms with Gasteiger partial charge in [-0.05, 0) is 18.9 Å². The van der Waals surface area contributed by atoms with Crippen LogP contribution in [0.2, 0.25) is 0 Å². The molecule has 4 nitrogen and oxygen atoms in total. The Hall–Kier alpha value is -1.66.